The third-order valence-corrected chi connectivity index (χ3v) is 3.20. The Bertz CT molecular complexity index is 199. The van der Waals surface area contributed by atoms with E-state index >= 15 is 0 Å². The number of amides is 1. The van der Waals surface area contributed by atoms with Crippen molar-refractivity contribution in [1.82, 2.24) is 4.90 Å². The molecule has 1 aliphatic heterocycles. The molecule has 0 aromatic rings. The molecule has 1 atom stereocenters. The van der Waals surface area contributed by atoms with Crippen molar-refractivity contribution in [2.24, 2.45) is 0 Å². The van der Waals surface area contributed by atoms with Gasteiger partial charge in [0.1, 0.15) is 0 Å². The Hall–Kier alpha value is -0.280. The predicted molar refractivity (Wildman–Crippen MR) is 61.0 cm³/mol. The Balaban J connectivity index is 2.49. The van der Waals surface area contributed by atoms with Crippen LogP contribution in [0.15, 0.2) is 0 Å². The van der Waals surface area contributed by atoms with Gasteiger partial charge in [0.25, 0.3) is 0 Å². The molecule has 4 heteroatoms. The molecular formula is C11H20ClNO2. The Morgan fingerprint density at radius 3 is 2.87 bits per heavy atom. The Labute approximate surface area is 96.4 Å². The first-order valence-corrected chi connectivity index (χ1v) is 6.29. The number of carbonyl (C=O) groups excluding carboxylic acids is 1. The van der Waals surface area contributed by atoms with Gasteiger partial charge in [-0.25, -0.2) is 0 Å². The number of rotatable bonds is 4. The lowest BCUT2D eigenvalue weighted by Gasteiger charge is -2.28. The normalized spacial score (nSPS) is 22.5. The molecule has 0 aromatic carbocycles. The maximum atomic E-state index is 11.8. The first-order chi connectivity index (χ1) is 7.29. The molecule has 1 rings (SSSR count). The Morgan fingerprint density at radius 1 is 1.40 bits per heavy atom. The van der Waals surface area contributed by atoms with Gasteiger partial charge in [0, 0.05) is 18.8 Å². The van der Waals surface area contributed by atoms with Crippen molar-refractivity contribution in [2.45, 2.75) is 44.6 Å². The number of aliphatic hydroxyl groups is 1. The third kappa shape index (κ3) is 3.99. The topological polar surface area (TPSA) is 40.5 Å². The van der Waals surface area contributed by atoms with Crippen LogP contribution in [0.25, 0.3) is 0 Å². The quantitative estimate of drug-likeness (QED) is 0.752. The van der Waals surface area contributed by atoms with Crippen molar-refractivity contribution in [3.63, 3.8) is 0 Å². The molecule has 0 radical (unpaired) electrons. The second-order valence-electron chi connectivity index (χ2n) is 4.07. The number of nitrogens with zero attached hydrogens (tertiary/aromatic N) is 1. The average molecular weight is 234 g/mol. The van der Waals surface area contributed by atoms with Gasteiger partial charge in [-0.1, -0.05) is 12.8 Å². The van der Waals surface area contributed by atoms with Crippen LogP contribution in [0.3, 0.4) is 0 Å². The van der Waals surface area contributed by atoms with Crippen molar-refractivity contribution < 1.29 is 9.90 Å². The molecule has 0 bridgehead atoms. The van der Waals surface area contributed by atoms with Crippen molar-refractivity contribution in [2.75, 3.05) is 19.0 Å². The van der Waals surface area contributed by atoms with Crippen LogP contribution in [0.1, 0.15) is 38.5 Å². The zero-order chi connectivity index (χ0) is 11.1. The highest BCUT2D eigenvalue weighted by Gasteiger charge is 2.23. The van der Waals surface area contributed by atoms with Gasteiger partial charge < -0.3 is 10.0 Å². The third-order valence-electron chi connectivity index (χ3n) is 2.93. The average Bonchev–Trinajstić information content (AvgIpc) is 2.50. The zero-order valence-corrected chi connectivity index (χ0v) is 9.88. The van der Waals surface area contributed by atoms with Gasteiger partial charge in [-0.15, -0.1) is 11.6 Å². The minimum absolute atomic E-state index is 0.0373. The highest BCUT2D eigenvalue weighted by atomic mass is 35.5. The minimum atomic E-state index is 0.0373. The largest absolute Gasteiger partial charge is 0.394 e. The van der Waals surface area contributed by atoms with E-state index in [0.717, 1.165) is 38.6 Å². The van der Waals surface area contributed by atoms with E-state index < -0.39 is 0 Å². The van der Waals surface area contributed by atoms with Crippen LogP contribution in [0, 0.1) is 0 Å². The first kappa shape index (κ1) is 12.8. The molecule has 1 saturated heterocycles. The van der Waals surface area contributed by atoms with Crippen LogP contribution in [0.5, 0.6) is 0 Å². The van der Waals surface area contributed by atoms with Gasteiger partial charge in [-0.3, -0.25) is 4.79 Å². The lowest BCUT2D eigenvalue weighted by molar-refractivity contribution is -0.134. The second kappa shape index (κ2) is 7.07. The van der Waals surface area contributed by atoms with Crippen molar-refractivity contribution in [3.05, 3.63) is 0 Å². The summed E-state index contributed by atoms with van der Waals surface area (Å²) in [6.45, 7) is 0.888. The molecular weight excluding hydrogens is 214 g/mol. The predicted octanol–water partition coefficient (Wildman–Crippen LogP) is 1.77. The molecule has 0 saturated carbocycles. The summed E-state index contributed by atoms with van der Waals surface area (Å²) >= 11 is 5.57. The Morgan fingerprint density at radius 2 is 2.20 bits per heavy atom. The molecule has 3 nitrogen and oxygen atoms in total. The van der Waals surface area contributed by atoms with Crippen LogP contribution in [0.4, 0.5) is 0 Å². The van der Waals surface area contributed by atoms with Crippen LogP contribution >= 0.6 is 11.6 Å². The van der Waals surface area contributed by atoms with Crippen LogP contribution in [0.2, 0.25) is 0 Å². The Kier molecular flexibility index (Phi) is 6.03. The number of alkyl halides is 1. The van der Waals surface area contributed by atoms with Crippen LogP contribution in [-0.2, 0) is 4.79 Å². The smallest absolute Gasteiger partial charge is 0.222 e. The number of carbonyl (C=O) groups is 1. The summed E-state index contributed by atoms with van der Waals surface area (Å²) in [6.07, 6.45) is 5.52. The molecule has 1 fully saturated rings. The standard InChI is InChI=1S/C11H20ClNO2/c12-7-4-6-11(15)13-8-3-1-2-5-10(13)9-14/h10,14H,1-9H2. The summed E-state index contributed by atoms with van der Waals surface area (Å²) < 4.78 is 0. The van der Waals surface area contributed by atoms with Gasteiger partial charge in [0.05, 0.1) is 12.6 Å². The fraction of sp³-hybridized carbons (Fsp3) is 0.909. The van der Waals surface area contributed by atoms with Crippen molar-refractivity contribution in [1.29, 1.82) is 0 Å². The molecule has 1 heterocycles. The van der Waals surface area contributed by atoms with Gasteiger partial charge in [-0.05, 0) is 19.3 Å². The van der Waals surface area contributed by atoms with E-state index in [1.807, 2.05) is 4.90 Å². The number of aliphatic hydroxyl groups excluding tert-OH is 1. The summed E-state index contributed by atoms with van der Waals surface area (Å²) in [7, 11) is 0. The molecule has 1 amide bonds. The van der Waals surface area contributed by atoms with Crippen molar-refractivity contribution >= 4 is 17.5 Å². The van der Waals surface area contributed by atoms with Gasteiger partial charge in [-0.2, -0.15) is 0 Å². The fourth-order valence-electron chi connectivity index (χ4n) is 2.06. The number of hydrogen-bond donors (Lipinski definition) is 1. The SMILES string of the molecule is O=C(CCCCl)N1CCCCCC1CO. The van der Waals surface area contributed by atoms with Gasteiger partial charge in [0.15, 0.2) is 0 Å². The molecule has 1 unspecified atom stereocenters. The summed E-state index contributed by atoms with van der Waals surface area (Å²) in [5.74, 6) is 0.681. The van der Waals surface area contributed by atoms with E-state index in [-0.39, 0.29) is 18.6 Å². The molecule has 0 spiro atoms. The molecule has 0 aliphatic carbocycles. The lowest BCUT2D eigenvalue weighted by atomic mass is 10.1. The molecule has 0 aromatic heterocycles. The van der Waals surface area contributed by atoms with E-state index in [1.165, 1.54) is 0 Å². The van der Waals surface area contributed by atoms with Crippen molar-refractivity contribution in [3.8, 4) is 0 Å². The molecule has 1 aliphatic rings. The number of likely N-dealkylation sites (tertiary alicyclic amines) is 1. The maximum absolute atomic E-state index is 11.8. The van der Waals surface area contributed by atoms with E-state index in [0.29, 0.717) is 12.3 Å². The summed E-state index contributed by atoms with van der Waals surface area (Å²) in [6, 6.07) is 0.0373. The highest BCUT2D eigenvalue weighted by molar-refractivity contribution is 6.17. The summed E-state index contributed by atoms with van der Waals surface area (Å²) in [5, 5.41) is 9.24. The number of halogens is 1. The number of hydrogen-bond acceptors (Lipinski definition) is 2. The van der Waals surface area contributed by atoms with Gasteiger partial charge >= 0.3 is 0 Å². The van der Waals surface area contributed by atoms with E-state index in [4.69, 9.17) is 11.6 Å². The van der Waals surface area contributed by atoms with Crippen LogP contribution in [-0.4, -0.2) is 41.0 Å². The summed E-state index contributed by atoms with van der Waals surface area (Å²) in [4.78, 5) is 13.7. The summed E-state index contributed by atoms with van der Waals surface area (Å²) in [5.41, 5.74) is 0. The highest BCUT2D eigenvalue weighted by Crippen LogP contribution is 2.17. The monoisotopic (exact) mass is 233 g/mol. The van der Waals surface area contributed by atoms with E-state index in [9.17, 15) is 9.90 Å². The molecule has 15 heavy (non-hydrogen) atoms. The molecule has 1 N–H and O–H groups in total. The minimum Gasteiger partial charge on any atom is -0.394 e. The molecule has 88 valence electrons. The van der Waals surface area contributed by atoms with E-state index in [1.54, 1.807) is 0 Å². The second-order valence-corrected chi connectivity index (χ2v) is 4.44. The zero-order valence-electron chi connectivity index (χ0n) is 9.12. The van der Waals surface area contributed by atoms with E-state index in [2.05, 4.69) is 0 Å². The van der Waals surface area contributed by atoms with Gasteiger partial charge in [0.2, 0.25) is 5.91 Å². The first-order valence-electron chi connectivity index (χ1n) is 5.76. The lowest BCUT2D eigenvalue weighted by Crippen LogP contribution is -2.42. The maximum Gasteiger partial charge on any atom is 0.222 e. The van der Waals surface area contributed by atoms with Crippen LogP contribution < -0.4 is 0 Å². The fourth-order valence-corrected chi connectivity index (χ4v) is 2.19.